The van der Waals surface area contributed by atoms with E-state index in [1.807, 2.05) is 0 Å². The fourth-order valence-electron chi connectivity index (χ4n) is 2.45. The SMILES string of the molecule is CCCS(=O)(=O)Nc1ccc(NC(=O)c2csc(-c3ccccc3F)n2)cc1. The van der Waals surface area contributed by atoms with Gasteiger partial charge in [-0.05, 0) is 42.8 Å². The van der Waals surface area contributed by atoms with E-state index in [0.717, 1.165) is 0 Å². The molecule has 0 bridgehead atoms. The Kier molecular flexibility index (Phi) is 6.05. The van der Waals surface area contributed by atoms with E-state index in [0.29, 0.717) is 28.4 Å². The Labute approximate surface area is 166 Å². The molecule has 28 heavy (non-hydrogen) atoms. The molecule has 0 unspecified atom stereocenters. The van der Waals surface area contributed by atoms with Gasteiger partial charge in [-0.1, -0.05) is 19.1 Å². The number of halogens is 1. The highest BCUT2D eigenvalue weighted by Crippen LogP contribution is 2.26. The number of nitrogens with one attached hydrogen (secondary N) is 2. The highest BCUT2D eigenvalue weighted by atomic mass is 32.2. The molecule has 1 heterocycles. The number of anilines is 2. The van der Waals surface area contributed by atoms with E-state index >= 15 is 0 Å². The Hall–Kier alpha value is -2.78. The van der Waals surface area contributed by atoms with Crippen LogP contribution in [0.15, 0.2) is 53.9 Å². The lowest BCUT2D eigenvalue weighted by Gasteiger charge is -2.08. The standard InChI is InChI=1S/C19H18FN3O3S2/c1-2-11-28(25,26)23-14-9-7-13(8-10-14)21-18(24)17-12-27-19(22-17)15-5-3-4-6-16(15)20/h3-10,12,23H,2,11H2,1H3,(H,21,24). The number of hydrogen-bond donors (Lipinski definition) is 2. The fraction of sp³-hybridized carbons (Fsp3) is 0.158. The van der Waals surface area contributed by atoms with Crippen LogP contribution in [-0.4, -0.2) is 25.1 Å². The number of rotatable bonds is 7. The summed E-state index contributed by atoms with van der Waals surface area (Å²) in [6, 6.07) is 12.5. The van der Waals surface area contributed by atoms with Crippen molar-refractivity contribution in [1.29, 1.82) is 0 Å². The largest absolute Gasteiger partial charge is 0.321 e. The summed E-state index contributed by atoms with van der Waals surface area (Å²) in [5.74, 6) is -0.789. The molecule has 0 aliphatic heterocycles. The van der Waals surface area contributed by atoms with Crippen LogP contribution in [0.5, 0.6) is 0 Å². The average Bonchev–Trinajstić information content (AvgIpc) is 3.13. The first-order chi connectivity index (χ1) is 13.4. The van der Waals surface area contributed by atoms with Crippen molar-refractivity contribution in [2.45, 2.75) is 13.3 Å². The topological polar surface area (TPSA) is 88.2 Å². The van der Waals surface area contributed by atoms with Crippen LogP contribution in [0.1, 0.15) is 23.8 Å². The number of sulfonamides is 1. The Morgan fingerprint density at radius 2 is 1.79 bits per heavy atom. The molecule has 0 atom stereocenters. The van der Waals surface area contributed by atoms with E-state index in [2.05, 4.69) is 15.0 Å². The van der Waals surface area contributed by atoms with Crippen LogP contribution >= 0.6 is 11.3 Å². The van der Waals surface area contributed by atoms with Crippen LogP contribution in [0.25, 0.3) is 10.6 Å². The van der Waals surface area contributed by atoms with E-state index in [1.165, 1.54) is 17.4 Å². The summed E-state index contributed by atoms with van der Waals surface area (Å²) < 4.78 is 39.9. The third-order valence-corrected chi connectivity index (χ3v) is 6.10. The molecule has 1 amide bonds. The van der Waals surface area contributed by atoms with Gasteiger partial charge < -0.3 is 5.32 Å². The summed E-state index contributed by atoms with van der Waals surface area (Å²) in [5.41, 5.74) is 1.43. The van der Waals surface area contributed by atoms with Crippen LogP contribution < -0.4 is 10.0 Å². The van der Waals surface area contributed by atoms with Crippen LogP contribution in [0, 0.1) is 5.82 Å². The van der Waals surface area contributed by atoms with Gasteiger partial charge in [-0.15, -0.1) is 11.3 Å². The van der Waals surface area contributed by atoms with Gasteiger partial charge in [0.2, 0.25) is 10.0 Å². The first kappa shape index (κ1) is 20.0. The smallest absolute Gasteiger partial charge is 0.275 e. The van der Waals surface area contributed by atoms with Crippen LogP contribution in [-0.2, 0) is 10.0 Å². The summed E-state index contributed by atoms with van der Waals surface area (Å²) >= 11 is 1.18. The third kappa shape index (κ3) is 4.93. The van der Waals surface area contributed by atoms with Crippen LogP contribution in [0.3, 0.4) is 0 Å². The predicted octanol–water partition coefficient (Wildman–Crippen LogP) is 4.35. The van der Waals surface area contributed by atoms with Crippen molar-refractivity contribution in [2.24, 2.45) is 0 Å². The second-order valence-electron chi connectivity index (χ2n) is 5.97. The van der Waals surface area contributed by atoms with E-state index in [1.54, 1.807) is 54.8 Å². The summed E-state index contributed by atoms with van der Waals surface area (Å²) in [6.07, 6.45) is 0.520. The first-order valence-electron chi connectivity index (χ1n) is 8.50. The number of thiazole rings is 1. The molecule has 2 aromatic carbocycles. The summed E-state index contributed by atoms with van der Waals surface area (Å²) in [7, 11) is -3.37. The highest BCUT2D eigenvalue weighted by molar-refractivity contribution is 7.92. The lowest BCUT2D eigenvalue weighted by molar-refractivity contribution is 0.102. The number of carbonyl (C=O) groups is 1. The van der Waals surface area contributed by atoms with E-state index < -0.39 is 21.7 Å². The number of aromatic nitrogens is 1. The van der Waals surface area contributed by atoms with Crippen molar-refractivity contribution in [2.75, 3.05) is 15.8 Å². The predicted molar refractivity (Wildman–Crippen MR) is 110 cm³/mol. The Balaban J connectivity index is 1.68. The zero-order valence-electron chi connectivity index (χ0n) is 15.0. The van der Waals surface area contributed by atoms with Crippen molar-refractivity contribution in [3.05, 3.63) is 65.4 Å². The molecule has 0 fully saturated rings. The summed E-state index contributed by atoms with van der Waals surface area (Å²) in [6.45, 7) is 1.79. The van der Waals surface area contributed by atoms with Crippen LogP contribution in [0.2, 0.25) is 0 Å². The molecule has 0 saturated heterocycles. The van der Waals surface area contributed by atoms with Crippen LogP contribution in [0.4, 0.5) is 15.8 Å². The normalized spacial score (nSPS) is 11.2. The van der Waals surface area contributed by atoms with Gasteiger partial charge in [0.25, 0.3) is 5.91 Å². The zero-order valence-corrected chi connectivity index (χ0v) is 16.6. The van der Waals surface area contributed by atoms with Gasteiger partial charge in [-0.3, -0.25) is 9.52 Å². The van der Waals surface area contributed by atoms with Crippen molar-refractivity contribution in [1.82, 2.24) is 4.98 Å². The highest BCUT2D eigenvalue weighted by Gasteiger charge is 2.14. The molecule has 6 nitrogen and oxygen atoms in total. The second-order valence-corrected chi connectivity index (χ2v) is 8.67. The number of nitrogens with zero attached hydrogens (tertiary/aromatic N) is 1. The zero-order chi connectivity index (χ0) is 20.1. The molecule has 3 aromatic rings. The molecular formula is C19H18FN3O3S2. The summed E-state index contributed by atoms with van der Waals surface area (Å²) in [5, 5.41) is 4.67. The maximum Gasteiger partial charge on any atom is 0.275 e. The minimum atomic E-state index is -3.37. The Bertz CT molecular complexity index is 1080. The van der Waals surface area contributed by atoms with Gasteiger partial charge in [0, 0.05) is 22.3 Å². The van der Waals surface area contributed by atoms with Gasteiger partial charge in [0.05, 0.1) is 5.75 Å². The molecule has 2 N–H and O–H groups in total. The number of amides is 1. The van der Waals surface area contributed by atoms with Crippen molar-refractivity contribution < 1.29 is 17.6 Å². The molecule has 146 valence electrons. The minimum absolute atomic E-state index is 0.0413. The maximum absolute atomic E-state index is 13.9. The minimum Gasteiger partial charge on any atom is -0.321 e. The molecule has 9 heteroatoms. The molecule has 0 aliphatic carbocycles. The fourth-order valence-corrected chi connectivity index (χ4v) is 4.41. The molecule has 0 saturated carbocycles. The van der Waals surface area contributed by atoms with E-state index in [4.69, 9.17) is 0 Å². The van der Waals surface area contributed by atoms with Gasteiger partial charge in [0.1, 0.15) is 16.5 Å². The average molecular weight is 420 g/mol. The molecule has 0 aliphatic rings. The Morgan fingerprint density at radius 3 is 2.46 bits per heavy atom. The quantitative estimate of drug-likeness (QED) is 0.596. The molecule has 1 aromatic heterocycles. The van der Waals surface area contributed by atoms with Gasteiger partial charge >= 0.3 is 0 Å². The molecule has 0 spiro atoms. The third-order valence-electron chi connectivity index (χ3n) is 3.73. The van der Waals surface area contributed by atoms with Gasteiger partial charge in [-0.25, -0.2) is 17.8 Å². The van der Waals surface area contributed by atoms with Crippen molar-refractivity contribution in [3.63, 3.8) is 0 Å². The monoisotopic (exact) mass is 419 g/mol. The molecule has 0 radical (unpaired) electrons. The van der Waals surface area contributed by atoms with Crippen molar-refractivity contribution >= 4 is 38.6 Å². The molecule has 3 rings (SSSR count). The van der Waals surface area contributed by atoms with Gasteiger partial charge in [-0.2, -0.15) is 0 Å². The summed E-state index contributed by atoms with van der Waals surface area (Å²) in [4.78, 5) is 16.6. The second kappa shape index (κ2) is 8.49. The number of hydrogen-bond acceptors (Lipinski definition) is 5. The van der Waals surface area contributed by atoms with E-state index in [-0.39, 0.29) is 11.4 Å². The van der Waals surface area contributed by atoms with Crippen molar-refractivity contribution in [3.8, 4) is 10.6 Å². The lowest BCUT2D eigenvalue weighted by atomic mass is 10.2. The number of benzene rings is 2. The Morgan fingerprint density at radius 1 is 1.11 bits per heavy atom. The molecular weight excluding hydrogens is 401 g/mol. The number of carbonyl (C=O) groups excluding carboxylic acids is 1. The maximum atomic E-state index is 13.9. The van der Waals surface area contributed by atoms with Gasteiger partial charge in [0.15, 0.2) is 0 Å². The lowest BCUT2D eigenvalue weighted by Crippen LogP contribution is -2.16. The van der Waals surface area contributed by atoms with E-state index in [9.17, 15) is 17.6 Å². The first-order valence-corrected chi connectivity index (χ1v) is 11.0.